The minimum absolute atomic E-state index is 0.0328. The van der Waals surface area contributed by atoms with E-state index in [0.29, 0.717) is 0 Å². The van der Waals surface area contributed by atoms with Gasteiger partial charge in [-0.2, -0.15) is 4.98 Å². The Balaban J connectivity index is 2.54. The minimum atomic E-state index is -1.70. The van der Waals surface area contributed by atoms with Gasteiger partial charge in [0.25, 0.3) is 0 Å². The topological polar surface area (TPSA) is 111 Å². The summed E-state index contributed by atoms with van der Waals surface area (Å²) in [6.45, 7) is 1.42. The zero-order valence-electron chi connectivity index (χ0n) is 10.9. The predicted octanol–water partition coefficient (Wildman–Crippen LogP) is -0.358. The van der Waals surface area contributed by atoms with Crippen LogP contribution in [0.5, 0.6) is 0 Å². The van der Waals surface area contributed by atoms with Crippen LogP contribution < -0.4 is 11.4 Å². The maximum Gasteiger partial charge on any atom is 0.351 e. The molecule has 0 saturated carbocycles. The molecule has 2 heterocycles. The number of hydrogen-bond acceptors (Lipinski definition) is 6. The molecule has 7 nitrogen and oxygen atoms in total. The first-order chi connectivity index (χ1) is 9.81. The van der Waals surface area contributed by atoms with Crippen molar-refractivity contribution in [1.82, 2.24) is 9.55 Å². The Bertz CT molecular complexity index is 654. The van der Waals surface area contributed by atoms with Crippen molar-refractivity contribution >= 4 is 29.0 Å². The van der Waals surface area contributed by atoms with Crippen molar-refractivity contribution in [1.29, 1.82) is 0 Å². The molecule has 1 aliphatic heterocycles. The molecule has 9 heteroatoms. The second-order valence-electron chi connectivity index (χ2n) is 4.67. The average molecular weight is 334 g/mol. The molecule has 2 rings (SSSR count). The lowest BCUT2D eigenvalue weighted by Gasteiger charge is -2.25. The van der Waals surface area contributed by atoms with E-state index in [-0.39, 0.29) is 5.82 Å². The number of aromatic nitrogens is 2. The number of nitrogens with zero attached hydrogens (tertiary/aromatic N) is 2. The van der Waals surface area contributed by atoms with Gasteiger partial charge in [-0.25, -0.2) is 4.79 Å². The molecule has 0 aliphatic carbocycles. The van der Waals surface area contributed by atoms with E-state index in [9.17, 15) is 15.0 Å². The van der Waals surface area contributed by atoms with E-state index in [1.807, 2.05) is 0 Å². The van der Waals surface area contributed by atoms with E-state index in [2.05, 4.69) is 16.3 Å². The number of halogens is 2. The molecule has 1 aromatic heterocycles. The van der Waals surface area contributed by atoms with Gasteiger partial charge in [0.15, 0.2) is 11.1 Å². The molecule has 1 unspecified atom stereocenters. The molecular weight excluding hydrogens is 321 g/mol. The van der Waals surface area contributed by atoms with Gasteiger partial charge in [0.1, 0.15) is 18.0 Å². The molecule has 0 amide bonds. The molecule has 5 atom stereocenters. The van der Waals surface area contributed by atoms with Gasteiger partial charge >= 0.3 is 5.69 Å². The van der Waals surface area contributed by atoms with Crippen LogP contribution in [0.1, 0.15) is 13.2 Å². The summed E-state index contributed by atoms with van der Waals surface area (Å²) in [6.07, 6.45) is -3.29. The van der Waals surface area contributed by atoms with Gasteiger partial charge in [0.05, 0.1) is 6.10 Å². The fraction of sp³-hybridized carbons (Fsp3) is 0.500. The third kappa shape index (κ3) is 2.73. The summed E-state index contributed by atoms with van der Waals surface area (Å²) in [4.78, 5) is 13.8. The first kappa shape index (κ1) is 16.1. The van der Waals surface area contributed by atoms with Gasteiger partial charge in [-0.3, -0.25) is 4.57 Å². The maximum absolute atomic E-state index is 11.9. The molecule has 1 aromatic rings. The van der Waals surface area contributed by atoms with Gasteiger partial charge in [0, 0.05) is 11.6 Å². The fourth-order valence-electron chi connectivity index (χ4n) is 2.17. The molecule has 1 aliphatic rings. The number of aliphatic hydroxyl groups excluding tert-OH is 2. The molecule has 0 bridgehead atoms. The Morgan fingerprint density at radius 2 is 2.33 bits per heavy atom. The average Bonchev–Trinajstić information content (AvgIpc) is 2.64. The summed E-state index contributed by atoms with van der Waals surface area (Å²) >= 11 is 11.7. The Kier molecular flexibility index (Phi) is 4.46. The summed E-state index contributed by atoms with van der Waals surface area (Å²) in [5.74, 6) is 2.45. The summed E-state index contributed by atoms with van der Waals surface area (Å²) in [5, 5.41) is 22.0. The molecule has 0 aromatic carbocycles. The van der Waals surface area contributed by atoms with Crippen molar-refractivity contribution in [3.05, 3.63) is 22.7 Å². The molecule has 4 N–H and O–H groups in total. The van der Waals surface area contributed by atoms with Crippen LogP contribution >= 0.6 is 23.2 Å². The number of rotatable bonds is 2. The Morgan fingerprint density at radius 3 is 2.86 bits per heavy atom. The van der Waals surface area contributed by atoms with Gasteiger partial charge in [-0.1, -0.05) is 17.5 Å². The van der Waals surface area contributed by atoms with E-state index >= 15 is 0 Å². The quantitative estimate of drug-likeness (QED) is 0.503. The van der Waals surface area contributed by atoms with Crippen molar-refractivity contribution in [3.63, 3.8) is 0 Å². The van der Waals surface area contributed by atoms with Crippen molar-refractivity contribution in [2.24, 2.45) is 0 Å². The minimum Gasteiger partial charge on any atom is -0.391 e. The zero-order valence-corrected chi connectivity index (χ0v) is 12.4. The first-order valence-electron chi connectivity index (χ1n) is 5.99. The Morgan fingerprint density at radius 1 is 1.67 bits per heavy atom. The lowest BCUT2D eigenvalue weighted by Crippen LogP contribution is -2.44. The van der Waals surface area contributed by atoms with Crippen molar-refractivity contribution in [2.75, 3.05) is 5.73 Å². The summed E-state index contributed by atoms with van der Waals surface area (Å²) < 4.78 is 6.54. The fourth-order valence-corrected chi connectivity index (χ4v) is 2.70. The first-order valence-corrected chi connectivity index (χ1v) is 6.75. The van der Waals surface area contributed by atoms with Gasteiger partial charge < -0.3 is 20.7 Å². The van der Waals surface area contributed by atoms with Crippen LogP contribution in [0.15, 0.2) is 17.1 Å². The predicted molar refractivity (Wildman–Crippen MR) is 76.7 cm³/mol. The van der Waals surface area contributed by atoms with Gasteiger partial charge in [-0.15, -0.1) is 0 Å². The molecule has 0 radical (unpaired) electrons. The Labute approximate surface area is 130 Å². The molecular formula is C12H13Cl2N3O4. The van der Waals surface area contributed by atoms with Crippen LogP contribution in [0.2, 0.25) is 0 Å². The Hall–Kier alpha value is -1.30. The maximum atomic E-state index is 11.9. The van der Waals surface area contributed by atoms with E-state index < -0.39 is 35.1 Å². The number of aliphatic hydroxyl groups is 2. The SMILES string of the molecule is C[C@@H](O)[C@H]1O[C@@H](n2ccc(N)nc2=O)C(Cl)(C#CCl)[C@H]1O. The molecule has 1 fully saturated rings. The van der Waals surface area contributed by atoms with Crippen LogP contribution in [0, 0.1) is 11.3 Å². The number of ether oxygens (including phenoxy) is 1. The van der Waals surface area contributed by atoms with Crippen LogP contribution in [0.3, 0.4) is 0 Å². The standard InChI is InChI=1S/C12H13Cl2N3O4/c1-6(18)8-9(19)12(14,3-4-13)10(21-8)17-5-2-7(15)16-11(17)20/h2,5-6,8-10,18-19H,1H3,(H2,15,16,20)/t6-,8-,9+,10-,12?/m1/s1. The number of alkyl halides is 1. The number of anilines is 1. The number of nitrogens with two attached hydrogens (primary N) is 1. The van der Waals surface area contributed by atoms with Gasteiger partial charge in [-0.05, 0) is 24.6 Å². The number of nitrogen functional groups attached to an aromatic ring is 1. The smallest absolute Gasteiger partial charge is 0.351 e. The normalized spacial score (nSPS) is 33.3. The third-order valence-corrected chi connectivity index (χ3v) is 3.80. The summed E-state index contributed by atoms with van der Waals surface area (Å²) in [5.41, 5.74) is 4.70. The van der Waals surface area contributed by atoms with Crippen LogP contribution in [0.25, 0.3) is 0 Å². The van der Waals surface area contributed by atoms with Gasteiger partial charge in [0.2, 0.25) is 0 Å². The van der Waals surface area contributed by atoms with Crippen LogP contribution in [0.4, 0.5) is 5.82 Å². The van der Waals surface area contributed by atoms with E-state index in [1.54, 1.807) is 0 Å². The van der Waals surface area contributed by atoms with Crippen LogP contribution in [-0.4, -0.2) is 43.0 Å². The van der Waals surface area contributed by atoms with Crippen LogP contribution in [-0.2, 0) is 4.74 Å². The molecule has 21 heavy (non-hydrogen) atoms. The summed E-state index contributed by atoms with van der Waals surface area (Å²) in [7, 11) is 0. The van der Waals surface area contributed by atoms with Crippen molar-refractivity contribution < 1.29 is 14.9 Å². The lowest BCUT2D eigenvalue weighted by molar-refractivity contribution is -0.0773. The highest BCUT2D eigenvalue weighted by Gasteiger charge is 2.57. The highest BCUT2D eigenvalue weighted by Crippen LogP contribution is 2.43. The zero-order chi connectivity index (χ0) is 15.8. The monoisotopic (exact) mass is 333 g/mol. The second-order valence-corrected chi connectivity index (χ2v) is 5.48. The molecule has 114 valence electrons. The second kappa shape index (κ2) is 5.83. The van der Waals surface area contributed by atoms with Crippen molar-refractivity contribution in [3.8, 4) is 11.3 Å². The molecule has 0 spiro atoms. The van der Waals surface area contributed by atoms with E-state index in [4.69, 9.17) is 33.7 Å². The third-order valence-electron chi connectivity index (χ3n) is 3.21. The van der Waals surface area contributed by atoms with Crippen molar-refractivity contribution in [2.45, 2.75) is 36.3 Å². The highest BCUT2D eigenvalue weighted by atomic mass is 35.5. The molecule has 1 saturated heterocycles. The summed E-state index contributed by atoms with van der Waals surface area (Å²) in [6, 6.07) is 1.37. The largest absolute Gasteiger partial charge is 0.391 e. The lowest BCUT2D eigenvalue weighted by atomic mass is 9.97. The number of hydrogen-bond donors (Lipinski definition) is 3. The van der Waals surface area contributed by atoms with E-state index in [0.717, 1.165) is 4.57 Å². The highest BCUT2D eigenvalue weighted by molar-refractivity contribution is 6.32. The van der Waals surface area contributed by atoms with E-state index in [1.165, 1.54) is 19.2 Å².